The van der Waals surface area contributed by atoms with E-state index in [0.717, 1.165) is 11.4 Å². The second-order valence-electron chi connectivity index (χ2n) is 6.23. The van der Waals surface area contributed by atoms with Crippen molar-refractivity contribution in [3.05, 3.63) is 94.0 Å². The van der Waals surface area contributed by atoms with Crippen LogP contribution in [0.25, 0.3) is 0 Å². The number of hydrogen-bond donors (Lipinski definition) is 1. The number of hydrogen-bond acceptors (Lipinski definition) is 5. The minimum absolute atomic E-state index is 0.112. The molecule has 0 atom stereocenters. The van der Waals surface area contributed by atoms with Gasteiger partial charge in [0.2, 0.25) is 5.91 Å². The summed E-state index contributed by atoms with van der Waals surface area (Å²) in [6, 6.07) is 21.1. The van der Waals surface area contributed by atoms with Crippen LogP contribution in [0.5, 0.6) is 11.5 Å². The van der Waals surface area contributed by atoms with E-state index in [2.05, 4.69) is 0 Å². The van der Waals surface area contributed by atoms with Gasteiger partial charge in [-0.1, -0.05) is 18.2 Å². The molecule has 7 nitrogen and oxygen atoms in total. The van der Waals surface area contributed by atoms with E-state index in [1.807, 2.05) is 66.5 Å². The van der Waals surface area contributed by atoms with Gasteiger partial charge in [-0.25, -0.2) is 0 Å². The van der Waals surface area contributed by atoms with Gasteiger partial charge in [0.25, 0.3) is 5.69 Å². The van der Waals surface area contributed by atoms with Crippen LogP contribution >= 0.6 is 0 Å². The SMILES string of the molecule is CN(Cc1ccc(C(N)=O)cc1[N+](=O)[O-])c1ccc(Oc2ccccc2)cc1. The lowest BCUT2D eigenvalue weighted by molar-refractivity contribution is -0.385. The summed E-state index contributed by atoms with van der Waals surface area (Å²) in [7, 11) is 1.83. The molecule has 0 radical (unpaired) electrons. The van der Waals surface area contributed by atoms with E-state index in [1.54, 1.807) is 6.07 Å². The first kappa shape index (κ1) is 18.9. The topological polar surface area (TPSA) is 98.7 Å². The summed E-state index contributed by atoms with van der Waals surface area (Å²) in [5.74, 6) is 0.742. The molecule has 3 rings (SSSR count). The van der Waals surface area contributed by atoms with Gasteiger partial charge in [0, 0.05) is 36.5 Å². The zero-order valence-corrected chi connectivity index (χ0v) is 15.2. The quantitative estimate of drug-likeness (QED) is 0.493. The molecule has 2 N–H and O–H groups in total. The first-order chi connectivity index (χ1) is 13.4. The van der Waals surface area contributed by atoms with Crippen LogP contribution in [-0.2, 0) is 6.54 Å². The molecule has 0 fully saturated rings. The standard InChI is InChI=1S/C21H19N3O4/c1-23(14-16-8-7-15(21(22)25)13-20(16)24(26)27)17-9-11-19(12-10-17)28-18-5-3-2-4-6-18/h2-13H,14H2,1H3,(H2,22,25). The maximum atomic E-state index is 11.4. The molecule has 0 unspecified atom stereocenters. The maximum absolute atomic E-state index is 11.4. The molecule has 3 aromatic rings. The number of nitro groups is 1. The highest BCUT2D eigenvalue weighted by atomic mass is 16.6. The molecule has 0 heterocycles. The van der Waals surface area contributed by atoms with Crippen molar-refractivity contribution in [3.63, 3.8) is 0 Å². The van der Waals surface area contributed by atoms with Crippen LogP contribution < -0.4 is 15.4 Å². The molecule has 0 aliphatic rings. The number of primary amides is 1. The van der Waals surface area contributed by atoms with Gasteiger partial charge in [-0.3, -0.25) is 14.9 Å². The van der Waals surface area contributed by atoms with Crippen LogP contribution in [0.2, 0.25) is 0 Å². The van der Waals surface area contributed by atoms with Crippen LogP contribution in [0, 0.1) is 10.1 Å². The third-order valence-electron chi connectivity index (χ3n) is 4.23. The Labute approximate surface area is 162 Å². The number of para-hydroxylation sites is 1. The number of amides is 1. The van der Waals surface area contributed by atoms with Gasteiger partial charge in [0.15, 0.2) is 0 Å². The molecule has 0 saturated carbocycles. The van der Waals surface area contributed by atoms with Crippen molar-refractivity contribution in [2.75, 3.05) is 11.9 Å². The van der Waals surface area contributed by atoms with Gasteiger partial charge in [0.1, 0.15) is 11.5 Å². The van der Waals surface area contributed by atoms with Gasteiger partial charge < -0.3 is 15.4 Å². The fraction of sp³-hybridized carbons (Fsp3) is 0.0952. The lowest BCUT2D eigenvalue weighted by atomic mass is 10.1. The van der Waals surface area contributed by atoms with E-state index in [9.17, 15) is 14.9 Å². The first-order valence-electron chi connectivity index (χ1n) is 8.55. The smallest absolute Gasteiger partial charge is 0.275 e. The number of carbonyl (C=O) groups is 1. The predicted molar refractivity (Wildman–Crippen MR) is 107 cm³/mol. The Balaban J connectivity index is 1.75. The second kappa shape index (κ2) is 8.22. The summed E-state index contributed by atoms with van der Waals surface area (Å²) in [4.78, 5) is 24.0. The Morgan fingerprint density at radius 3 is 2.29 bits per heavy atom. The van der Waals surface area contributed by atoms with Gasteiger partial charge >= 0.3 is 0 Å². The van der Waals surface area contributed by atoms with Gasteiger partial charge in [-0.15, -0.1) is 0 Å². The number of nitro benzene ring substituents is 1. The lowest BCUT2D eigenvalue weighted by Gasteiger charge is -2.20. The first-order valence-corrected chi connectivity index (χ1v) is 8.55. The third kappa shape index (κ3) is 4.45. The average Bonchev–Trinajstić information content (AvgIpc) is 2.69. The third-order valence-corrected chi connectivity index (χ3v) is 4.23. The van der Waals surface area contributed by atoms with E-state index in [1.165, 1.54) is 12.1 Å². The molecular weight excluding hydrogens is 358 g/mol. The minimum atomic E-state index is -0.697. The molecule has 0 aromatic heterocycles. The monoisotopic (exact) mass is 377 g/mol. The molecule has 1 amide bonds. The number of nitrogens with two attached hydrogens (primary N) is 1. The van der Waals surface area contributed by atoms with E-state index in [-0.39, 0.29) is 11.3 Å². The van der Waals surface area contributed by atoms with Crippen molar-refractivity contribution in [3.8, 4) is 11.5 Å². The Morgan fingerprint density at radius 1 is 1.04 bits per heavy atom. The van der Waals surface area contributed by atoms with Gasteiger partial charge in [-0.2, -0.15) is 0 Å². The molecule has 7 heteroatoms. The van der Waals surface area contributed by atoms with E-state index in [4.69, 9.17) is 10.5 Å². The average molecular weight is 377 g/mol. The Bertz CT molecular complexity index is 988. The van der Waals surface area contributed by atoms with Crippen molar-refractivity contribution in [2.45, 2.75) is 6.54 Å². The summed E-state index contributed by atoms with van der Waals surface area (Å²) in [6.07, 6.45) is 0. The molecule has 0 bridgehead atoms. The summed E-state index contributed by atoms with van der Waals surface area (Å²) in [5.41, 5.74) is 6.55. The normalized spacial score (nSPS) is 10.3. The molecule has 0 saturated heterocycles. The van der Waals surface area contributed by atoms with Crippen LogP contribution in [0.4, 0.5) is 11.4 Å². The molecule has 0 aliphatic carbocycles. The van der Waals surface area contributed by atoms with Crippen molar-refractivity contribution < 1.29 is 14.5 Å². The van der Waals surface area contributed by atoms with Gasteiger partial charge in [0.05, 0.1) is 4.92 Å². The number of nitrogens with zero attached hydrogens (tertiary/aromatic N) is 2. The number of benzene rings is 3. The minimum Gasteiger partial charge on any atom is -0.457 e. The summed E-state index contributed by atoms with van der Waals surface area (Å²) in [5, 5.41) is 11.4. The number of anilines is 1. The molecule has 28 heavy (non-hydrogen) atoms. The summed E-state index contributed by atoms with van der Waals surface area (Å²) in [6.45, 7) is 0.300. The lowest BCUT2D eigenvalue weighted by Crippen LogP contribution is -2.18. The number of rotatable bonds is 7. The van der Waals surface area contributed by atoms with Crippen molar-refractivity contribution in [1.82, 2.24) is 0 Å². The molecule has 3 aromatic carbocycles. The highest BCUT2D eigenvalue weighted by molar-refractivity contribution is 5.93. The highest BCUT2D eigenvalue weighted by Crippen LogP contribution is 2.27. The van der Waals surface area contributed by atoms with Crippen molar-refractivity contribution in [2.24, 2.45) is 5.73 Å². The Morgan fingerprint density at radius 2 is 1.68 bits per heavy atom. The largest absolute Gasteiger partial charge is 0.457 e. The zero-order chi connectivity index (χ0) is 20.1. The number of carbonyl (C=O) groups excluding carboxylic acids is 1. The predicted octanol–water partition coefficient (Wildman–Crippen LogP) is 4.12. The van der Waals surface area contributed by atoms with Crippen LogP contribution in [0.1, 0.15) is 15.9 Å². The summed E-state index contributed by atoms with van der Waals surface area (Å²) < 4.78 is 5.77. The van der Waals surface area contributed by atoms with Crippen LogP contribution in [0.15, 0.2) is 72.8 Å². The van der Waals surface area contributed by atoms with Crippen molar-refractivity contribution in [1.29, 1.82) is 0 Å². The van der Waals surface area contributed by atoms with Crippen molar-refractivity contribution >= 4 is 17.3 Å². The zero-order valence-electron chi connectivity index (χ0n) is 15.2. The van der Waals surface area contributed by atoms with Crippen LogP contribution in [-0.4, -0.2) is 17.9 Å². The molecular formula is C21H19N3O4. The number of ether oxygens (including phenoxy) is 1. The fourth-order valence-electron chi connectivity index (χ4n) is 2.76. The molecule has 0 spiro atoms. The van der Waals surface area contributed by atoms with E-state index >= 15 is 0 Å². The highest BCUT2D eigenvalue weighted by Gasteiger charge is 2.18. The Hall–Kier alpha value is -3.87. The van der Waals surface area contributed by atoms with Crippen LogP contribution in [0.3, 0.4) is 0 Å². The van der Waals surface area contributed by atoms with E-state index < -0.39 is 10.8 Å². The second-order valence-corrected chi connectivity index (χ2v) is 6.23. The fourth-order valence-corrected chi connectivity index (χ4v) is 2.76. The van der Waals surface area contributed by atoms with E-state index in [0.29, 0.717) is 17.9 Å². The Kier molecular flexibility index (Phi) is 5.55. The summed E-state index contributed by atoms with van der Waals surface area (Å²) >= 11 is 0. The maximum Gasteiger partial charge on any atom is 0.275 e. The molecule has 0 aliphatic heterocycles. The van der Waals surface area contributed by atoms with Gasteiger partial charge in [-0.05, 0) is 48.5 Å². The molecule has 142 valence electrons.